The molecule has 1 atom stereocenters. The molecular formula is C12H16FNO2S. The number of aliphatic hydroxyl groups is 1. The first-order valence-electron chi connectivity index (χ1n) is 5.40. The summed E-state index contributed by atoms with van der Waals surface area (Å²) >= 11 is 1.51. The van der Waals surface area contributed by atoms with Crippen LogP contribution in [0, 0.1) is 5.82 Å². The second kappa shape index (κ2) is 7.29. The quantitative estimate of drug-likeness (QED) is 0.822. The van der Waals surface area contributed by atoms with Gasteiger partial charge in [-0.15, -0.1) is 0 Å². The van der Waals surface area contributed by atoms with Crippen molar-refractivity contribution in [3.63, 3.8) is 0 Å². The van der Waals surface area contributed by atoms with Gasteiger partial charge in [0.25, 0.3) is 0 Å². The Hall–Kier alpha value is -1.07. The number of amides is 1. The SMILES string of the molecule is CC(CO)SCCC(=O)Nc1ccccc1F. The summed E-state index contributed by atoms with van der Waals surface area (Å²) < 4.78 is 13.2. The average Bonchev–Trinajstić information content (AvgIpc) is 2.32. The van der Waals surface area contributed by atoms with E-state index in [1.165, 1.54) is 23.9 Å². The normalized spacial score (nSPS) is 12.2. The number of hydrogen-bond acceptors (Lipinski definition) is 3. The summed E-state index contributed by atoms with van der Waals surface area (Å²) in [6, 6.07) is 6.07. The Kier molecular flexibility index (Phi) is 6.00. The first kappa shape index (κ1) is 14.0. The van der Waals surface area contributed by atoms with Crippen LogP contribution >= 0.6 is 11.8 Å². The third-order valence-electron chi connectivity index (χ3n) is 2.14. The number of carbonyl (C=O) groups is 1. The Morgan fingerprint density at radius 3 is 2.88 bits per heavy atom. The number of anilines is 1. The van der Waals surface area contributed by atoms with E-state index in [0.717, 1.165) is 0 Å². The van der Waals surface area contributed by atoms with Crippen molar-refractivity contribution in [2.45, 2.75) is 18.6 Å². The van der Waals surface area contributed by atoms with E-state index in [2.05, 4.69) is 5.32 Å². The smallest absolute Gasteiger partial charge is 0.225 e. The third-order valence-corrected chi connectivity index (χ3v) is 3.29. The molecule has 3 nitrogen and oxygen atoms in total. The zero-order valence-electron chi connectivity index (χ0n) is 9.65. The van der Waals surface area contributed by atoms with E-state index >= 15 is 0 Å². The lowest BCUT2D eigenvalue weighted by Crippen LogP contribution is -2.14. The first-order chi connectivity index (χ1) is 8.13. The Morgan fingerprint density at radius 2 is 2.24 bits per heavy atom. The molecule has 0 aliphatic heterocycles. The largest absolute Gasteiger partial charge is 0.395 e. The second-order valence-corrected chi connectivity index (χ2v) is 5.19. The molecule has 1 aromatic carbocycles. The highest BCUT2D eigenvalue weighted by atomic mass is 32.2. The number of halogens is 1. The molecule has 2 N–H and O–H groups in total. The number of rotatable bonds is 6. The average molecular weight is 257 g/mol. The fraction of sp³-hybridized carbons (Fsp3) is 0.417. The molecule has 0 aliphatic rings. The highest BCUT2D eigenvalue weighted by Gasteiger charge is 2.07. The van der Waals surface area contributed by atoms with E-state index < -0.39 is 5.82 Å². The summed E-state index contributed by atoms with van der Waals surface area (Å²) in [6.45, 7) is 1.99. The first-order valence-corrected chi connectivity index (χ1v) is 6.45. The van der Waals surface area contributed by atoms with E-state index in [4.69, 9.17) is 5.11 Å². The van der Waals surface area contributed by atoms with Gasteiger partial charge in [-0.1, -0.05) is 19.1 Å². The van der Waals surface area contributed by atoms with E-state index in [1.807, 2.05) is 6.92 Å². The maximum atomic E-state index is 13.2. The molecule has 1 rings (SSSR count). The van der Waals surface area contributed by atoms with Crippen LogP contribution in [-0.4, -0.2) is 28.6 Å². The standard InChI is InChI=1S/C12H16FNO2S/c1-9(8-15)17-7-6-12(16)14-11-5-3-2-4-10(11)13/h2-5,9,15H,6-8H2,1H3,(H,14,16). The fourth-order valence-corrected chi connectivity index (χ4v) is 1.99. The van der Waals surface area contributed by atoms with Crippen molar-refractivity contribution in [2.24, 2.45) is 0 Å². The number of benzene rings is 1. The molecule has 0 bridgehead atoms. The lowest BCUT2D eigenvalue weighted by atomic mass is 10.3. The van der Waals surface area contributed by atoms with Gasteiger partial charge in [0.15, 0.2) is 0 Å². The number of carbonyl (C=O) groups excluding carboxylic acids is 1. The van der Waals surface area contributed by atoms with Crippen molar-refractivity contribution in [3.05, 3.63) is 30.1 Å². The van der Waals surface area contributed by atoms with Crippen molar-refractivity contribution in [3.8, 4) is 0 Å². The molecule has 0 spiro atoms. The molecule has 0 aliphatic carbocycles. The van der Waals surface area contributed by atoms with Crippen LogP contribution in [0.15, 0.2) is 24.3 Å². The number of para-hydroxylation sites is 1. The number of nitrogens with one attached hydrogen (secondary N) is 1. The Morgan fingerprint density at radius 1 is 1.53 bits per heavy atom. The number of aliphatic hydroxyl groups excluding tert-OH is 1. The highest BCUT2D eigenvalue weighted by Crippen LogP contribution is 2.14. The van der Waals surface area contributed by atoms with Crippen LogP contribution in [0.2, 0.25) is 0 Å². The van der Waals surface area contributed by atoms with Gasteiger partial charge in [-0.05, 0) is 12.1 Å². The van der Waals surface area contributed by atoms with Crippen molar-refractivity contribution in [1.29, 1.82) is 0 Å². The predicted octanol–water partition coefficient (Wildman–Crippen LogP) is 2.27. The Labute approximate surface area is 104 Å². The summed E-state index contributed by atoms with van der Waals surface area (Å²) in [7, 11) is 0. The minimum absolute atomic E-state index is 0.0968. The monoisotopic (exact) mass is 257 g/mol. The molecule has 1 unspecified atom stereocenters. The van der Waals surface area contributed by atoms with E-state index in [1.54, 1.807) is 12.1 Å². The van der Waals surface area contributed by atoms with Crippen LogP contribution in [-0.2, 0) is 4.79 Å². The molecule has 0 heterocycles. The van der Waals surface area contributed by atoms with Crippen LogP contribution < -0.4 is 5.32 Å². The maximum absolute atomic E-state index is 13.2. The molecule has 0 radical (unpaired) electrons. The molecule has 94 valence electrons. The van der Waals surface area contributed by atoms with Gasteiger partial charge in [0.05, 0.1) is 12.3 Å². The molecule has 17 heavy (non-hydrogen) atoms. The van der Waals surface area contributed by atoms with Crippen LogP contribution in [0.4, 0.5) is 10.1 Å². The summed E-state index contributed by atoms with van der Waals surface area (Å²) in [5.74, 6) is -0.0351. The van der Waals surface area contributed by atoms with Gasteiger partial charge in [0.2, 0.25) is 5.91 Å². The second-order valence-electron chi connectivity index (χ2n) is 3.64. The van der Waals surface area contributed by atoms with Crippen molar-refractivity contribution in [1.82, 2.24) is 0 Å². The van der Waals surface area contributed by atoms with Crippen LogP contribution in [0.1, 0.15) is 13.3 Å². The summed E-state index contributed by atoms with van der Waals surface area (Å²) in [5, 5.41) is 11.4. The molecule has 0 fully saturated rings. The molecule has 0 saturated heterocycles. The fourth-order valence-electron chi connectivity index (χ4n) is 1.18. The van der Waals surface area contributed by atoms with E-state index in [0.29, 0.717) is 12.2 Å². The van der Waals surface area contributed by atoms with E-state index in [9.17, 15) is 9.18 Å². The zero-order valence-corrected chi connectivity index (χ0v) is 10.5. The van der Waals surface area contributed by atoms with Gasteiger partial charge in [-0.25, -0.2) is 4.39 Å². The van der Waals surface area contributed by atoms with Gasteiger partial charge >= 0.3 is 0 Å². The molecule has 5 heteroatoms. The lowest BCUT2D eigenvalue weighted by Gasteiger charge is -2.08. The molecule has 1 aromatic rings. The molecule has 1 amide bonds. The zero-order chi connectivity index (χ0) is 12.7. The van der Waals surface area contributed by atoms with Crippen LogP contribution in [0.3, 0.4) is 0 Å². The van der Waals surface area contributed by atoms with Crippen LogP contribution in [0.25, 0.3) is 0 Å². The predicted molar refractivity (Wildman–Crippen MR) is 68.7 cm³/mol. The summed E-state index contributed by atoms with van der Waals surface area (Å²) in [5.41, 5.74) is 0.206. The number of thioether (sulfide) groups is 1. The minimum atomic E-state index is -0.433. The topological polar surface area (TPSA) is 49.3 Å². The van der Waals surface area contributed by atoms with Gasteiger partial charge in [0.1, 0.15) is 5.82 Å². The molecule has 0 aromatic heterocycles. The van der Waals surface area contributed by atoms with Crippen molar-refractivity contribution < 1.29 is 14.3 Å². The molecule has 0 saturated carbocycles. The molecular weight excluding hydrogens is 241 g/mol. The lowest BCUT2D eigenvalue weighted by molar-refractivity contribution is -0.115. The van der Waals surface area contributed by atoms with Crippen LogP contribution in [0.5, 0.6) is 0 Å². The van der Waals surface area contributed by atoms with Crippen molar-refractivity contribution >= 4 is 23.4 Å². The highest BCUT2D eigenvalue weighted by molar-refractivity contribution is 7.99. The summed E-state index contributed by atoms with van der Waals surface area (Å²) in [6.07, 6.45) is 0.309. The third kappa shape index (κ3) is 5.19. The number of hydrogen-bond donors (Lipinski definition) is 2. The maximum Gasteiger partial charge on any atom is 0.225 e. The minimum Gasteiger partial charge on any atom is -0.395 e. The summed E-state index contributed by atoms with van der Waals surface area (Å²) in [4.78, 5) is 11.5. The van der Waals surface area contributed by atoms with Crippen molar-refractivity contribution in [2.75, 3.05) is 17.7 Å². The van der Waals surface area contributed by atoms with Gasteiger partial charge in [-0.3, -0.25) is 4.79 Å². The Balaban J connectivity index is 2.33. The van der Waals surface area contributed by atoms with Gasteiger partial charge < -0.3 is 10.4 Å². The van der Waals surface area contributed by atoms with Gasteiger partial charge in [-0.2, -0.15) is 11.8 Å². The Bertz CT molecular complexity index is 373. The van der Waals surface area contributed by atoms with Gasteiger partial charge in [0, 0.05) is 17.4 Å². The van der Waals surface area contributed by atoms with E-state index in [-0.39, 0.29) is 23.5 Å².